The molecular formula is C18H34N2O3. The van der Waals surface area contributed by atoms with E-state index in [4.69, 9.17) is 4.74 Å². The second-order valence-corrected chi connectivity index (χ2v) is 8.27. The molecule has 0 aliphatic heterocycles. The summed E-state index contributed by atoms with van der Waals surface area (Å²) >= 11 is 0. The molecule has 2 rings (SSSR count). The van der Waals surface area contributed by atoms with Gasteiger partial charge in [0.1, 0.15) is 5.60 Å². The third-order valence-electron chi connectivity index (χ3n) is 4.99. The molecule has 0 heterocycles. The Hall–Kier alpha value is -0.810. The molecule has 0 spiro atoms. The Morgan fingerprint density at radius 3 is 2.57 bits per heavy atom. The minimum Gasteiger partial charge on any atom is -0.444 e. The first-order valence-corrected chi connectivity index (χ1v) is 9.22. The number of carbonyl (C=O) groups excluding carboxylic acids is 1. The number of alkyl carbamates (subject to hydrolysis) is 1. The molecule has 0 radical (unpaired) electrons. The highest BCUT2D eigenvalue weighted by Gasteiger charge is 2.29. The van der Waals surface area contributed by atoms with Crippen LogP contribution in [0.4, 0.5) is 4.79 Å². The van der Waals surface area contributed by atoms with Gasteiger partial charge in [0, 0.05) is 12.6 Å². The molecule has 5 nitrogen and oxygen atoms in total. The highest BCUT2D eigenvalue weighted by Crippen LogP contribution is 2.27. The topological polar surface area (TPSA) is 70.6 Å². The van der Waals surface area contributed by atoms with Crippen LogP contribution in [0.25, 0.3) is 0 Å². The van der Waals surface area contributed by atoms with Crippen molar-refractivity contribution in [3.05, 3.63) is 0 Å². The lowest BCUT2D eigenvalue weighted by Crippen LogP contribution is -2.42. The van der Waals surface area contributed by atoms with Gasteiger partial charge >= 0.3 is 6.09 Å². The van der Waals surface area contributed by atoms with Crippen LogP contribution in [-0.2, 0) is 4.74 Å². The molecule has 2 aliphatic carbocycles. The zero-order valence-corrected chi connectivity index (χ0v) is 14.9. The summed E-state index contributed by atoms with van der Waals surface area (Å²) in [4.78, 5) is 11.8. The van der Waals surface area contributed by atoms with Crippen LogP contribution >= 0.6 is 0 Å². The second kappa shape index (κ2) is 8.34. The van der Waals surface area contributed by atoms with Crippen molar-refractivity contribution in [1.29, 1.82) is 0 Å². The summed E-state index contributed by atoms with van der Waals surface area (Å²) in [6.45, 7) is 7.31. The number of hydrogen-bond acceptors (Lipinski definition) is 4. The molecular weight excluding hydrogens is 292 g/mol. The Bertz CT molecular complexity index is 381. The molecule has 4 atom stereocenters. The van der Waals surface area contributed by atoms with Gasteiger partial charge in [-0.3, -0.25) is 0 Å². The van der Waals surface area contributed by atoms with Crippen molar-refractivity contribution in [3.63, 3.8) is 0 Å². The first kappa shape index (κ1) is 18.5. The summed E-state index contributed by atoms with van der Waals surface area (Å²) in [5, 5.41) is 16.4. The predicted molar refractivity (Wildman–Crippen MR) is 91.3 cm³/mol. The van der Waals surface area contributed by atoms with Crippen molar-refractivity contribution in [2.24, 2.45) is 11.8 Å². The van der Waals surface area contributed by atoms with Crippen molar-refractivity contribution < 1.29 is 14.6 Å². The van der Waals surface area contributed by atoms with Gasteiger partial charge in [-0.05, 0) is 71.3 Å². The molecule has 0 aromatic carbocycles. The minimum absolute atomic E-state index is 0.108. The summed E-state index contributed by atoms with van der Waals surface area (Å²) in [6.07, 6.45) is 7.37. The molecule has 0 bridgehead atoms. The number of rotatable bonds is 5. The fraction of sp³-hybridized carbons (Fsp3) is 0.944. The normalized spacial score (nSPS) is 31.8. The molecule has 4 unspecified atom stereocenters. The summed E-state index contributed by atoms with van der Waals surface area (Å²) in [5.74, 6) is 1.08. The van der Waals surface area contributed by atoms with Crippen molar-refractivity contribution >= 4 is 6.09 Å². The van der Waals surface area contributed by atoms with Crippen LogP contribution in [0.5, 0.6) is 0 Å². The van der Waals surface area contributed by atoms with Gasteiger partial charge in [-0.15, -0.1) is 0 Å². The third kappa shape index (κ3) is 6.68. The summed E-state index contributed by atoms with van der Waals surface area (Å²) < 4.78 is 5.30. The summed E-state index contributed by atoms with van der Waals surface area (Å²) in [5.41, 5.74) is -0.445. The van der Waals surface area contributed by atoms with E-state index in [2.05, 4.69) is 10.6 Å². The van der Waals surface area contributed by atoms with Crippen molar-refractivity contribution in [3.8, 4) is 0 Å². The van der Waals surface area contributed by atoms with Gasteiger partial charge in [0.05, 0.1) is 6.10 Å². The molecule has 3 N–H and O–H groups in total. The lowest BCUT2D eigenvalue weighted by atomic mass is 9.87. The van der Waals surface area contributed by atoms with Gasteiger partial charge < -0.3 is 20.5 Å². The SMILES string of the molecule is CC(C)(C)OC(=O)NCC1CCCC1NCC1CCCC(O)C1. The maximum absolute atomic E-state index is 11.8. The third-order valence-corrected chi connectivity index (χ3v) is 4.99. The van der Waals surface area contributed by atoms with Gasteiger partial charge in [-0.25, -0.2) is 4.79 Å². The summed E-state index contributed by atoms with van der Waals surface area (Å²) in [6, 6.07) is 0.476. The molecule has 1 amide bonds. The van der Waals surface area contributed by atoms with E-state index in [9.17, 15) is 9.90 Å². The van der Waals surface area contributed by atoms with Crippen LogP contribution in [-0.4, -0.2) is 42.0 Å². The van der Waals surface area contributed by atoms with Crippen LogP contribution in [0.1, 0.15) is 65.7 Å². The Morgan fingerprint density at radius 2 is 1.87 bits per heavy atom. The van der Waals surface area contributed by atoms with Crippen molar-refractivity contribution in [1.82, 2.24) is 10.6 Å². The molecule has 5 heteroatoms. The van der Waals surface area contributed by atoms with E-state index in [-0.39, 0.29) is 12.2 Å². The van der Waals surface area contributed by atoms with E-state index in [0.29, 0.717) is 24.4 Å². The van der Waals surface area contributed by atoms with Gasteiger partial charge in [-0.2, -0.15) is 0 Å². The Balaban J connectivity index is 1.69. The average Bonchev–Trinajstić information content (AvgIpc) is 2.88. The lowest BCUT2D eigenvalue weighted by molar-refractivity contribution is 0.0516. The number of nitrogens with one attached hydrogen (secondary N) is 2. The quantitative estimate of drug-likeness (QED) is 0.726. The van der Waals surface area contributed by atoms with Gasteiger partial charge in [0.2, 0.25) is 0 Å². The van der Waals surface area contributed by atoms with E-state index in [0.717, 1.165) is 32.2 Å². The minimum atomic E-state index is -0.445. The zero-order valence-electron chi connectivity index (χ0n) is 14.9. The molecule has 0 saturated heterocycles. The molecule has 2 saturated carbocycles. The fourth-order valence-corrected chi connectivity index (χ4v) is 3.84. The highest BCUT2D eigenvalue weighted by atomic mass is 16.6. The first-order chi connectivity index (χ1) is 10.8. The zero-order chi connectivity index (χ0) is 16.9. The largest absolute Gasteiger partial charge is 0.444 e. The van der Waals surface area contributed by atoms with E-state index in [1.807, 2.05) is 20.8 Å². The average molecular weight is 326 g/mol. The van der Waals surface area contributed by atoms with Crippen LogP contribution in [0.2, 0.25) is 0 Å². The lowest BCUT2D eigenvalue weighted by Gasteiger charge is -2.29. The Morgan fingerprint density at radius 1 is 1.13 bits per heavy atom. The van der Waals surface area contributed by atoms with E-state index < -0.39 is 5.60 Å². The van der Waals surface area contributed by atoms with Crippen molar-refractivity contribution in [2.45, 2.75) is 83.5 Å². The standard InChI is InChI=1S/C18H34N2O3/c1-18(2,3)23-17(22)20-12-14-7-5-9-16(14)19-11-13-6-4-8-15(21)10-13/h13-16,19,21H,4-12H2,1-3H3,(H,20,22). The van der Waals surface area contributed by atoms with E-state index in [1.54, 1.807) is 0 Å². The van der Waals surface area contributed by atoms with E-state index >= 15 is 0 Å². The van der Waals surface area contributed by atoms with Gasteiger partial charge in [0.25, 0.3) is 0 Å². The molecule has 134 valence electrons. The van der Waals surface area contributed by atoms with Crippen LogP contribution < -0.4 is 10.6 Å². The fourth-order valence-electron chi connectivity index (χ4n) is 3.84. The van der Waals surface area contributed by atoms with Gasteiger partial charge in [-0.1, -0.05) is 12.8 Å². The number of amides is 1. The van der Waals surface area contributed by atoms with E-state index in [1.165, 1.54) is 19.3 Å². The van der Waals surface area contributed by atoms with Crippen molar-refractivity contribution in [2.75, 3.05) is 13.1 Å². The number of carbonyl (C=O) groups is 1. The summed E-state index contributed by atoms with van der Waals surface area (Å²) in [7, 11) is 0. The number of aliphatic hydroxyl groups excluding tert-OH is 1. The molecule has 2 fully saturated rings. The Kier molecular flexibility index (Phi) is 6.72. The predicted octanol–water partition coefficient (Wildman–Crippen LogP) is 2.82. The molecule has 23 heavy (non-hydrogen) atoms. The number of hydrogen-bond donors (Lipinski definition) is 3. The van der Waals surface area contributed by atoms with Crippen LogP contribution in [0.3, 0.4) is 0 Å². The maximum atomic E-state index is 11.8. The molecule has 2 aliphatic rings. The molecule has 0 aromatic rings. The van der Waals surface area contributed by atoms with Gasteiger partial charge in [0.15, 0.2) is 0 Å². The highest BCUT2D eigenvalue weighted by molar-refractivity contribution is 5.67. The Labute approximate surface area is 140 Å². The van der Waals surface area contributed by atoms with Crippen LogP contribution in [0, 0.1) is 11.8 Å². The monoisotopic (exact) mass is 326 g/mol. The maximum Gasteiger partial charge on any atom is 0.407 e. The first-order valence-electron chi connectivity index (χ1n) is 9.22. The molecule has 0 aromatic heterocycles. The second-order valence-electron chi connectivity index (χ2n) is 8.27. The smallest absolute Gasteiger partial charge is 0.407 e. The van der Waals surface area contributed by atoms with Crippen LogP contribution in [0.15, 0.2) is 0 Å². The number of aliphatic hydroxyl groups is 1. The number of ether oxygens (including phenoxy) is 1.